The zero-order valence-electron chi connectivity index (χ0n) is 15.4. The van der Waals surface area contributed by atoms with Crippen LogP contribution in [0.2, 0.25) is 0 Å². The van der Waals surface area contributed by atoms with Crippen molar-refractivity contribution in [3.8, 4) is 0 Å². The number of fused-ring (bicyclic) bond motifs is 1. The highest BCUT2D eigenvalue weighted by Crippen LogP contribution is 2.42. The summed E-state index contributed by atoms with van der Waals surface area (Å²) in [5.74, 6) is 0.412. The molecular weight excluding hydrogens is 348 g/mol. The molecule has 0 radical (unpaired) electrons. The molecule has 1 aliphatic carbocycles. The van der Waals surface area contributed by atoms with Crippen molar-refractivity contribution in [1.82, 2.24) is 4.98 Å². The molecule has 142 valence electrons. The molecule has 4 rings (SSSR count). The smallest absolute Gasteiger partial charge is 0.338 e. The van der Waals surface area contributed by atoms with Gasteiger partial charge in [0.05, 0.1) is 18.4 Å². The Balaban J connectivity index is 1.96. The first-order chi connectivity index (χ1) is 12.9. The number of nitrogens with zero attached hydrogens (tertiary/aromatic N) is 4. The number of carbonyl (C=O) groups excluding carboxylic acids is 1. The molecule has 2 aromatic rings. The van der Waals surface area contributed by atoms with Gasteiger partial charge in [0.25, 0.3) is 0 Å². The Morgan fingerprint density at radius 2 is 2.00 bits per heavy atom. The molecule has 4 N–H and O–H groups in total. The van der Waals surface area contributed by atoms with Gasteiger partial charge in [0.2, 0.25) is 11.9 Å². The first kappa shape index (κ1) is 17.3. The number of anilines is 1. The number of aryl methyl sites for hydroxylation is 1. The Labute approximate surface area is 156 Å². The summed E-state index contributed by atoms with van der Waals surface area (Å²) in [4.78, 5) is 27.2. The van der Waals surface area contributed by atoms with Gasteiger partial charge < -0.3 is 20.6 Å². The number of aliphatic imine (C=N–C) groups is 2. The van der Waals surface area contributed by atoms with E-state index in [0.717, 1.165) is 32.1 Å². The predicted molar refractivity (Wildman–Crippen MR) is 102 cm³/mol. The van der Waals surface area contributed by atoms with Crippen LogP contribution in [-0.4, -0.2) is 35.6 Å². The number of carbonyl (C=O) groups is 1. The number of esters is 1. The minimum Gasteiger partial charge on any atom is -0.465 e. The van der Waals surface area contributed by atoms with E-state index in [-0.39, 0.29) is 11.9 Å². The molecule has 27 heavy (non-hydrogen) atoms. The van der Waals surface area contributed by atoms with Crippen LogP contribution >= 0.6 is 0 Å². The minimum absolute atomic E-state index is 0.166. The molecule has 0 amide bonds. The summed E-state index contributed by atoms with van der Waals surface area (Å²) in [7, 11) is 1.34. The molecular formula is C18H22N6O3. The molecule has 0 saturated heterocycles. The van der Waals surface area contributed by atoms with Crippen LogP contribution in [0.5, 0.6) is 0 Å². The molecule has 1 aromatic heterocycles. The van der Waals surface area contributed by atoms with Gasteiger partial charge in [-0.3, -0.25) is 4.90 Å². The number of ether oxygens (including phenoxy) is 1. The van der Waals surface area contributed by atoms with Crippen molar-refractivity contribution < 1.29 is 13.9 Å². The number of oxazole rings is 1. The predicted octanol–water partition coefficient (Wildman–Crippen LogP) is 2.03. The topological polar surface area (TPSA) is 132 Å². The molecule has 1 aromatic carbocycles. The van der Waals surface area contributed by atoms with Crippen molar-refractivity contribution in [2.45, 2.75) is 44.7 Å². The number of aromatic nitrogens is 1. The maximum Gasteiger partial charge on any atom is 0.338 e. The molecule has 1 fully saturated rings. The fourth-order valence-electron chi connectivity index (χ4n) is 4.00. The molecule has 9 heteroatoms. The van der Waals surface area contributed by atoms with Crippen LogP contribution in [0, 0.1) is 6.92 Å². The molecule has 2 heterocycles. The summed E-state index contributed by atoms with van der Waals surface area (Å²) in [5.41, 5.74) is 13.6. The summed E-state index contributed by atoms with van der Waals surface area (Å²) in [5, 5.41) is 0. The van der Waals surface area contributed by atoms with Crippen molar-refractivity contribution in [1.29, 1.82) is 0 Å². The van der Waals surface area contributed by atoms with E-state index in [1.807, 2.05) is 4.90 Å². The van der Waals surface area contributed by atoms with Gasteiger partial charge >= 0.3 is 5.97 Å². The van der Waals surface area contributed by atoms with Crippen LogP contribution in [0.25, 0.3) is 11.1 Å². The number of nitrogens with two attached hydrogens (primary N) is 2. The van der Waals surface area contributed by atoms with Gasteiger partial charge in [-0.2, -0.15) is 4.99 Å². The Morgan fingerprint density at radius 3 is 2.70 bits per heavy atom. The molecule has 1 saturated carbocycles. The Kier molecular flexibility index (Phi) is 4.01. The first-order valence-electron chi connectivity index (χ1n) is 8.93. The van der Waals surface area contributed by atoms with Gasteiger partial charge in [0, 0.05) is 6.92 Å². The summed E-state index contributed by atoms with van der Waals surface area (Å²) < 4.78 is 10.7. The van der Waals surface area contributed by atoms with Gasteiger partial charge in [-0.05, 0) is 37.8 Å². The van der Waals surface area contributed by atoms with E-state index >= 15 is 0 Å². The lowest BCUT2D eigenvalue weighted by Crippen LogP contribution is -2.58. The van der Waals surface area contributed by atoms with Crippen molar-refractivity contribution >= 4 is 34.7 Å². The number of guanidine groups is 2. The highest BCUT2D eigenvalue weighted by Gasteiger charge is 2.44. The number of rotatable bonds is 2. The van der Waals surface area contributed by atoms with E-state index in [9.17, 15) is 4.79 Å². The van der Waals surface area contributed by atoms with Crippen LogP contribution in [-0.2, 0) is 4.74 Å². The maximum absolute atomic E-state index is 12.2. The number of methoxy groups -OCH3 is 1. The summed E-state index contributed by atoms with van der Waals surface area (Å²) in [6.07, 6.45) is 4.68. The van der Waals surface area contributed by atoms with Gasteiger partial charge in [0.15, 0.2) is 11.5 Å². The maximum atomic E-state index is 12.2. The summed E-state index contributed by atoms with van der Waals surface area (Å²) in [6.45, 7) is 1.75. The van der Waals surface area contributed by atoms with E-state index in [1.165, 1.54) is 7.11 Å². The van der Waals surface area contributed by atoms with Crippen LogP contribution in [0.15, 0.2) is 26.5 Å². The van der Waals surface area contributed by atoms with E-state index in [4.69, 9.17) is 20.6 Å². The van der Waals surface area contributed by atoms with E-state index in [0.29, 0.717) is 28.2 Å². The molecule has 0 bridgehead atoms. The average molecular weight is 370 g/mol. The third kappa shape index (κ3) is 2.79. The summed E-state index contributed by atoms with van der Waals surface area (Å²) >= 11 is 0. The molecule has 0 unspecified atom stereocenters. The van der Waals surface area contributed by atoms with Gasteiger partial charge in [-0.25, -0.2) is 14.8 Å². The largest absolute Gasteiger partial charge is 0.465 e. The SMILES string of the molecule is COC(=O)c1cc(N2C(N)=NC(N)=NC23CCCCC3)c2oc(C)nc2c1. The number of hydrogen-bond acceptors (Lipinski definition) is 9. The highest BCUT2D eigenvalue weighted by molar-refractivity contribution is 6.10. The lowest BCUT2D eigenvalue weighted by Gasteiger charge is -2.45. The van der Waals surface area contributed by atoms with Crippen LogP contribution in [0.4, 0.5) is 5.69 Å². The third-order valence-corrected chi connectivity index (χ3v) is 5.09. The van der Waals surface area contributed by atoms with Crippen LogP contribution in [0.1, 0.15) is 48.4 Å². The van der Waals surface area contributed by atoms with Crippen LogP contribution in [0.3, 0.4) is 0 Å². The monoisotopic (exact) mass is 370 g/mol. The van der Waals surface area contributed by atoms with E-state index in [2.05, 4.69) is 15.0 Å². The fourth-order valence-corrected chi connectivity index (χ4v) is 4.00. The Hall–Kier alpha value is -3.10. The lowest BCUT2D eigenvalue weighted by atomic mass is 9.87. The fraction of sp³-hybridized carbons (Fsp3) is 0.444. The van der Waals surface area contributed by atoms with Crippen molar-refractivity contribution in [2.75, 3.05) is 12.0 Å². The average Bonchev–Trinajstić information content (AvgIpc) is 3.01. The first-order valence-corrected chi connectivity index (χ1v) is 8.93. The third-order valence-electron chi connectivity index (χ3n) is 5.09. The second-order valence-corrected chi connectivity index (χ2v) is 6.89. The quantitative estimate of drug-likeness (QED) is 0.773. The van der Waals surface area contributed by atoms with Crippen molar-refractivity contribution in [2.24, 2.45) is 21.5 Å². The summed E-state index contributed by atoms with van der Waals surface area (Å²) in [6, 6.07) is 3.33. The minimum atomic E-state index is -0.642. The molecule has 0 atom stereocenters. The molecule has 1 aliphatic heterocycles. The number of hydrogen-bond donors (Lipinski definition) is 2. The zero-order valence-corrected chi connectivity index (χ0v) is 15.4. The standard InChI is InChI=1S/C18H22N6O3/c1-10-21-12-8-11(15(25)26-2)9-13(14(12)27-10)24-17(20)22-16(19)23-18(24)6-4-3-5-7-18/h8-9H,3-7H2,1-2H3,(H4,19,20,22,23). The van der Waals surface area contributed by atoms with Gasteiger partial charge in [0.1, 0.15) is 11.2 Å². The zero-order chi connectivity index (χ0) is 19.2. The molecule has 1 spiro atoms. The van der Waals surface area contributed by atoms with Crippen molar-refractivity contribution in [3.63, 3.8) is 0 Å². The molecule has 2 aliphatic rings. The van der Waals surface area contributed by atoms with Crippen molar-refractivity contribution in [3.05, 3.63) is 23.6 Å². The Morgan fingerprint density at radius 1 is 1.26 bits per heavy atom. The molecule has 9 nitrogen and oxygen atoms in total. The van der Waals surface area contributed by atoms with E-state index < -0.39 is 11.6 Å². The van der Waals surface area contributed by atoms with Gasteiger partial charge in [-0.1, -0.05) is 6.42 Å². The van der Waals surface area contributed by atoms with E-state index in [1.54, 1.807) is 19.1 Å². The normalized spacial score (nSPS) is 19.1. The van der Waals surface area contributed by atoms with Crippen LogP contribution < -0.4 is 16.4 Å². The Bertz CT molecular complexity index is 971. The number of benzene rings is 1. The highest BCUT2D eigenvalue weighted by atomic mass is 16.5. The lowest BCUT2D eigenvalue weighted by molar-refractivity contribution is 0.0601. The van der Waals surface area contributed by atoms with Gasteiger partial charge in [-0.15, -0.1) is 0 Å². The second kappa shape index (κ2) is 6.26. The second-order valence-electron chi connectivity index (χ2n) is 6.89.